The van der Waals surface area contributed by atoms with Gasteiger partial charge in [-0.1, -0.05) is 42.5 Å². The summed E-state index contributed by atoms with van der Waals surface area (Å²) in [6.07, 6.45) is 0. The van der Waals surface area contributed by atoms with E-state index in [0.717, 1.165) is 5.56 Å². The maximum Gasteiger partial charge on any atom is 0.243 e. The van der Waals surface area contributed by atoms with Gasteiger partial charge in [-0.3, -0.25) is 9.59 Å². The fourth-order valence-corrected chi connectivity index (χ4v) is 2.60. The maximum atomic E-state index is 14.0. The van der Waals surface area contributed by atoms with Gasteiger partial charge in [-0.25, -0.2) is 4.39 Å². The van der Waals surface area contributed by atoms with Gasteiger partial charge in [-0.05, 0) is 31.5 Å². The highest BCUT2D eigenvalue weighted by molar-refractivity contribution is 5.97. The van der Waals surface area contributed by atoms with Gasteiger partial charge in [0.05, 0.1) is 5.69 Å². The van der Waals surface area contributed by atoms with E-state index in [4.69, 9.17) is 0 Å². The lowest BCUT2D eigenvalue weighted by Gasteiger charge is -2.30. The van der Waals surface area contributed by atoms with Crippen molar-refractivity contribution in [1.82, 2.24) is 4.90 Å². The summed E-state index contributed by atoms with van der Waals surface area (Å²) >= 11 is 0. The lowest BCUT2D eigenvalue weighted by molar-refractivity contribution is -0.133. The molecule has 2 rings (SSSR count). The molecule has 0 saturated heterocycles. The highest BCUT2D eigenvalue weighted by atomic mass is 19.1. The molecule has 0 saturated carbocycles. The first-order valence-corrected chi connectivity index (χ1v) is 8.26. The van der Waals surface area contributed by atoms with Crippen LogP contribution in [0.1, 0.15) is 26.3 Å². The maximum absolute atomic E-state index is 14.0. The zero-order valence-electron chi connectivity index (χ0n) is 14.8. The Labute approximate surface area is 147 Å². The summed E-state index contributed by atoms with van der Waals surface area (Å²) < 4.78 is 14.0. The predicted molar refractivity (Wildman–Crippen MR) is 96.6 cm³/mol. The van der Waals surface area contributed by atoms with E-state index in [1.165, 1.54) is 24.0 Å². The third-order valence-corrected chi connectivity index (χ3v) is 3.96. The Morgan fingerprint density at radius 2 is 1.60 bits per heavy atom. The van der Waals surface area contributed by atoms with Crippen molar-refractivity contribution in [3.8, 4) is 0 Å². The van der Waals surface area contributed by atoms with Crippen molar-refractivity contribution in [2.45, 2.75) is 33.4 Å². The van der Waals surface area contributed by atoms with Gasteiger partial charge >= 0.3 is 0 Å². The molecule has 0 unspecified atom stereocenters. The van der Waals surface area contributed by atoms with Crippen LogP contribution < -0.4 is 4.90 Å². The summed E-state index contributed by atoms with van der Waals surface area (Å²) in [6.45, 7) is 5.42. The van der Waals surface area contributed by atoms with E-state index in [-0.39, 0.29) is 30.1 Å². The van der Waals surface area contributed by atoms with Crippen molar-refractivity contribution in [3.05, 3.63) is 66.0 Å². The number of anilines is 1. The van der Waals surface area contributed by atoms with E-state index in [2.05, 4.69) is 0 Å². The van der Waals surface area contributed by atoms with E-state index in [0.29, 0.717) is 6.54 Å². The standard InChI is InChI=1S/C20H23FN2O2/c1-15(2)22(13-17-9-5-4-6-10-17)20(25)14-23(16(3)24)19-12-8-7-11-18(19)21/h4-12,15H,13-14H2,1-3H3. The summed E-state index contributed by atoms with van der Waals surface area (Å²) in [5.74, 6) is -1.12. The molecule has 2 aromatic carbocycles. The highest BCUT2D eigenvalue weighted by Crippen LogP contribution is 2.19. The quantitative estimate of drug-likeness (QED) is 0.804. The molecule has 2 amide bonds. The first kappa shape index (κ1) is 18.6. The molecule has 0 bridgehead atoms. The first-order valence-electron chi connectivity index (χ1n) is 8.26. The Morgan fingerprint density at radius 3 is 2.16 bits per heavy atom. The van der Waals surface area contributed by atoms with Crippen LogP contribution in [-0.2, 0) is 16.1 Å². The second-order valence-electron chi connectivity index (χ2n) is 6.16. The zero-order valence-corrected chi connectivity index (χ0v) is 14.8. The molecule has 0 fully saturated rings. The lowest BCUT2D eigenvalue weighted by atomic mass is 10.2. The topological polar surface area (TPSA) is 40.6 Å². The van der Waals surface area contributed by atoms with Crippen LogP contribution in [0.25, 0.3) is 0 Å². The Hall–Kier alpha value is -2.69. The van der Waals surface area contributed by atoms with E-state index in [1.54, 1.807) is 17.0 Å². The molecule has 0 aliphatic carbocycles. The molecule has 25 heavy (non-hydrogen) atoms. The second kappa shape index (κ2) is 8.42. The second-order valence-corrected chi connectivity index (χ2v) is 6.16. The van der Waals surface area contributed by atoms with E-state index in [9.17, 15) is 14.0 Å². The fourth-order valence-electron chi connectivity index (χ4n) is 2.60. The molecule has 0 spiro atoms. The minimum Gasteiger partial charge on any atom is -0.334 e. The molecule has 0 aromatic heterocycles. The Morgan fingerprint density at radius 1 is 1.00 bits per heavy atom. The van der Waals surface area contributed by atoms with E-state index in [1.807, 2.05) is 44.2 Å². The molecule has 0 radical (unpaired) electrons. The van der Waals surface area contributed by atoms with Crippen molar-refractivity contribution in [1.29, 1.82) is 0 Å². The smallest absolute Gasteiger partial charge is 0.243 e. The molecule has 0 heterocycles. The number of para-hydroxylation sites is 1. The number of benzene rings is 2. The summed E-state index contributed by atoms with van der Waals surface area (Å²) in [7, 11) is 0. The van der Waals surface area contributed by atoms with Gasteiger partial charge in [0.1, 0.15) is 12.4 Å². The number of carbonyl (C=O) groups excluding carboxylic acids is 2. The lowest BCUT2D eigenvalue weighted by Crippen LogP contribution is -2.45. The average Bonchev–Trinajstić information content (AvgIpc) is 2.58. The molecule has 4 nitrogen and oxygen atoms in total. The summed E-state index contributed by atoms with van der Waals surface area (Å²) in [5.41, 5.74) is 1.12. The van der Waals surface area contributed by atoms with Crippen molar-refractivity contribution < 1.29 is 14.0 Å². The van der Waals surface area contributed by atoms with Gasteiger partial charge < -0.3 is 9.80 Å². The molecule has 0 aliphatic heterocycles. The van der Waals surface area contributed by atoms with Gasteiger partial charge in [-0.15, -0.1) is 0 Å². The summed E-state index contributed by atoms with van der Waals surface area (Å²) in [5, 5.41) is 0. The van der Waals surface area contributed by atoms with E-state index < -0.39 is 5.82 Å². The molecule has 2 aromatic rings. The molecular weight excluding hydrogens is 319 g/mol. The third kappa shape index (κ3) is 4.89. The first-order chi connectivity index (χ1) is 11.9. The van der Waals surface area contributed by atoms with Crippen LogP contribution in [-0.4, -0.2) is 29.3 Å². The van der Waals surface area contributed by atoms with Crippen LogP contribution in [0, 0.1) is 5.82 Å². The number of carbonyl (C=O) groups is 2. The van der Waals surface area contributed by atoms with Gasteiger partial charge in [0.2, 0.25) is 11.8 Å². The highest BCUT2D eigenvalue weighted by Gasteiger charge is 2.24. The van der Waals surface area contributed by atoms with Gasteiger partial charge in [0, 0.05) is 19.5 Å². The molecule has 0 atom stereocenters. The number of halogens is 1. The average molecular weight is 342 g/mol. The largest absolute Gasteiger partial charge is 0.334 e. The minimum absolute atomic E-state index is 0.0397. The van der Waals surface area contributed by atoms with Crippen molar-refractivity contribution in [2.75, 3.05) is 11.4 Å². The number of rotatable bonds is 6. The van der Waals surface area contributed by atoms with E-state index >= 15 is 0 Å². The van der Waals surface area contributed by atoms with Crippen molar-refractivity contribution in [3.63, 3.8) is 0 Å². The number of amides is 2. The van der Waals surface area contributed by atoms with Crippen LogP contribution >= 0.6 is 0 Å². The summed E-state index contributed by atoms with van der Waals surface area (Å²) in [4.78, 5) is 27.6. The zero-order chi connectivity index (χ0) is 18.4. The number of nitrogens with zero attached hydrogens (tertiary/aromatic N) is 2. The SMILES string of the molecule is CC(=O)N(CC(=O)N(Cc1ccccc1)C(C)C)c1ccccc1F. The number of hydrogen-bond acceptors (Lipinski definition) is 2. The minimum atomic E-state index is -0.523. The Kier molecular flexibility index (Phi) is 6.28. The van der Waals surface area contributed by atoms with Crippen molar-refractivity contribution in [2.24, 2.45) is 0 Å². The van der Waals surface area contributed by atoms with Crippen LogP contribution in [0.15, 0.2) is 54.6 Å². The molecule has 0 aliphatic rings. The van der Waals surface area contributed by atoms with Crippen LogP contribution in [0.3, 0.4) is 0 Å². The van der Waals surface area contributed by atoms with Crippen LogP contribution in [0.5, 0.6) is 0 Å². The molecule has 5 heteroatoms. The van der Waals surface area contributed by atoms with Crippen LogP contribution in [0.2, 0.25) is 0 Å². The van der Waals surface area contributed by atoms with Gasteiger partial charge in [0.25, 0.3) is 0 Å². The normalized spacial score (nSPS) is 10.6. The number of hydrogen-bond donors (Lipinski definition) is 0. The third-order valence-electron chi connectivity index (χ3n) is 3.96. The Bertz CT molecular complexity index is 731. The molecular formula is C20H23FN2O2. The Balaban J connectivity index is 2.20. The predicted octanol–water partition coefficient (Wildman–Crippen LogP) is 3.62. The molecule has 132 valence electrons. The fraction of sp³-hybridized carbons (Fsp3) is 0.300. The van der Waals surface area contributed by atoms with Gasteiger partial charge in [0.15, 0.2) is 0 Å². The van der Waals surface area contributed by atoms with Crippen LogP contribution in [0.4, 0.5) is 10.1 Å². The molecule has 0 N–H and O–H groups in total. The van der Waals surface area contributed by atoms with Crippen molar-refractivity contribution >= 4 is 17.5 Å². The summed E-state index contributed by atoms with van der Waals surface area (Å²) in [6, 6.07) is 15.6. The van der Waals surface area contributed by atoms with Gasteiger partial charge in [-0.2, -0.15) is 0 Å². The monoisotopic (exact) mass is 342 g/mol.